The van der Waals surface area contributed by atoms with Crippen molar-refractivity contribution >= 4 is 27.4 Å². The summed E-state index contributed by atoms with van der Waals surface area (Å²) in [6.45, 7) is 0.189. The van der Waals surface area contributed by atoms with E-state index in [1.807, 2.05) is 18.2 Å². The molecule has 0 aliphatic heterocycles. The Morgan fingerprint density at radius 2 is 2.05 bits per heavy atom. The van der Waals surface area contributed by atoms with E-state index in [-0.39, 0.29) is 12.8 Å². The molecule has 21 heavy (non-hydrogen) atoms. The molecule has 0 saturated heterocycles. The molecule has 5 nitrogen and oxygen atoms in total. The third-order valence-electron chi connectivity index (χ3n) is 3.06. The Morgan fingerprint density at radius 3 is 2.71 bits per heavy atom. The Morgan fingerprint density at radius 1 is 1.24 bits per heavy atom. The summed E-state index contributed by atoms with van der Waals surface area (Å²) in [6.07, 6.45) is 0.974. The summed E-state index contributed by atoms with van der Waals surface area (Å²) >= 11 is 1.54. The zero-order chi connectivity index (χ0) is 15.2. The van der Waals surface area contributed by atoms with Crippen LogP contribution in [-0.2, 0) is 20.7 Å². The minimum absolute atomic E-state index is 0.189. The molecule has 114 valence electrons. The van der Waals surface area contributed by atoms with E-state index in [1.54, 1.807) is 14.2 Å². The molecule has 0 radical (unpaired) electrons. The van der Waals surface area contributed by atoms with Crippen molar-refractivity contribution in [1.82, 2.24) is 0 Å². The van der Waals surface area contributed by atoms with Crippen LogP contribution in [0.4, 0.5) is 0 Å². The Hall–Kier alpha value is -1.79. The number of rotatable bonds is 7. The number of esters is 1. The summed E-state index contributed by atoms with van der Waals surface area (Å²) in [7, 11) is 4.61. The van der Waals surface area contributed by atoms with Gasteiger partial charge in [0, 0.05) is 29.7 Å². The topological polar surface area (TPSA) is 54.0 Å². The fraction of sp³-hybridized carbons (Fsp3) is 0.400. The molecule has 1 heterocycles. The number of carbonyl (C=O) groups excluding carboxylic acids is 1. The lowest BCUT2D eigenvalue weighted by molar-refractivity contribution is -0.140. The highest BCUT2D eigenvalue weighted by Crippen LogP contribution is 2.39. The smallest absolute Gasteiger partial charge is 0.305 e. The second kappa shape index (κ2) is 7.28. The summed E-state index contributed by atoms with van der Waals surface area (Å²) in [4.78, 5) is 11.3. The van der Waals surface area contributed by atoms with E-state index >= 15 is 0 Å². The summed E-state index contributed by atoms with van der Waals surface area (Å²) in [5.41, 5.74) is 1.08. The normalized spacial score (nSPS) is 10.6. The van der Waals surface area contributed by atoms with Crippen LogP contribution in [0.5, 0.6) is 10.8 Å². The van der Waals surface area contributed by atoms with Crippen molar-refractivity contribution in [2.24, 2.45) is 0 Å². The molecule has 1 aromatic carbocycles. The van der Waals surface area contributed by atoms with Crippen LogP contribution in [-0.4, -0.2) is 34.1 Å². The first-order valence-corrected chi connectivity index (χ1v) is 7.29. The SMILES string of the molecule is COCOc1ccc(CCC(=O)OC)c2sc(OC)cc12. The maximum atomic E-state index is 11.3. The van der Waals surface area contributed by atoms with Crippen molar-refractivity contribution in [2.45, 2.75) is 12.8 Å². The van der Waals surface area contributed by atoms with E-state index in [2.05, 4.69) is 4.74 Å². The monoisotopic (exact) mass is 310 g/mol. The van der Waals surface area contributed by atoms with Crippen LogP contribution in [0.15, 0.2) is 18.2 Å². The van der Waals surface area contributed by atoms with Crippen LogP contribution in [0, 0.1) is 0 Å². The van der Waals surface area contributed by atoms with Gasteiger partial charge in [0.1, 0.15) is 5.75 Å². The van der Waals surface area contributed by atoms with Crippen LogP contribution in [0.25, 0.3) is 10.1 Å². The van der Waals surface area contributed by atoms with Crippen LogP contribution >= 0.6 is 11.3 Å². The number of fused-ring (bicyclic) bond motifs is 1. The average Bonchev–Trinajstić information content (AvgIpc) is 2.95. The van der Waals surface area contributed by atoms with Gasteiger partial charge in [-0.1, -0.05) is 17.4 Å². The van der Waals surface area contributed by atoms with Gasteiger partial charge in [-0.05, 0) is 18.1 Å². The summed E-state index contributed by atoms with van der Waals surface area (Å²) < 4.78 is 21.6. The molecular formula is C15H18O5S. The van der Waals surface area contributed by atoms with E-state index in [4.69, 9.17) is 14.2 Å². The minimum atomic E-state index is -0.216. The third-order valence-corrected chi connectivity index (χ3v) is 4.23. The van der Waals surface area contributed by atoms with Crippen molar-refractivity contribution in [3.63, 3.8) is 0 Å². The quantitative estimate of drug-likeness (QED) is 0.581. The van der Waals surface area contributed by atoms with E-state index in [9.17, 15) is 4.79 Å². The molecule has 1 aromatic heterocycles. The van der Waals surface area contributed by atoms with Gasteiger partial charge in [0.15, 0.2) is 11.9 Å². The minimum Gasteiger partial charge on any atom is -0.487 e. The lowest BCUT2D eigenvalue weighted by Crippen LogP contribution is -2.02. The van der Waals surface area contributed by atoms with E-state index < -0.39 is 0 Å². The highest BCUT2D eigenvalue weighted by atomic mass is 32.1. The van der Waals surface area contributed by atoms with Crippen LogP contribution in [0.1, 0.15) is 12.0 Å². The van der Waals surface area contributed by atoms with Gasteiger partial charge in [-0.2, -0.15) is 0 Å². The van der Waals surface area contributed by atoms with Gasteiger partial charge in [0.2, 0.25) is 0 Å². The maximum Gasteiger partial charge on any atom is 0.305 e. The van der Waals surface area contributed by atoms with Crippen molar-refractivity contribution in [3.8, 4) is 10.8 Å². The van der Waals surface area contributed by atoms with Crippen molar-refractivity contribution in [2.75, 3.05) is 28.1 Å². The van der Waals surface area contributed by atoms with E-state index in [1.165, 1.54) is 18.4 Å². The number of aryl methyl sites for hydroxylation is 1. The van der Waals surface area contributed by atoms with Crippen molar-refractivity contribution in [1.29, 1.82) is 0 Å². The van der Waals surface area contributed by atoms with Crippen LogP contribution in [0.2, 0.25) is 0 Å². The first-order chi connectivity index (χ1) is 10.2. The number of methoxy groups -OCH3 is 3. The third kappa shape index (κ3) is 3.65. The van der Waals surface area contributed by atoms with Crippen LogP contribution in [0.3, 0.4) is 0 Å². The maximum absolute atomic E-state index is 11.3. The molecule has 2 aromatic rings. The Labute approximate surface area is 127 Å². The molecule has 0 unspecified atom stereocenters. The molecule has 0 aliphatic rings. The molecule has 0 atom stereocenters. The van der Waals surface area contributed by atoms with Gasteiger partial charge in [-0.25, -0.2) is 0 Å². The molecule has 0 aliphatic carbocycles. The average molecular weight is 310 g/mol. The van der Waals surface area contributed by atoms with Crippen LogP contribution < -0.4 is 9.47 Å². The first-order valence-electron chi connectivity index (χ1n) is 6.47. The number of thiophene rings is 1. The molecular weight excluding hydrogens is 292 g/mol. The number of ether oxygens (including phenoxy) is 4. The number of hydrogen-bond acceptors (Lipinski definition) is 6. The molecule has 0 bridgehead atoms. The Bertz CT molecular complexity index is 620. The van der Waals surface area contributed by atoms with Gasteiger partial charge in [-0.3, -0.25) is 4.79 Å². The lowest BCUT2D eigenvalue weighted by atomic mass is 10.1. The van der Waals surface area contributed by atoms with Gasteiger partial charge in [0.25, 0.3) is 0 Å². The lowest BCUT2D eigenvalue weighted by Gasteiger charge is -2.08. The summed E-state index contributed by atoms with van der Waals surface area (Å²) in [6, 6.07) is 5.79. The summed E-state index contributed by atoms with van der Waals surface area (Å²) in [5, 5.41) is 1.77. The zero-order valence-corrected chi connectivity index (χ0v) is 13.1. The molecule has 6 heteroatoms. The highest BCUT2D eigenvalue weighted by molar-refractivity contribution is 7.21. The summed E-state index contributed by atoms with van der Waals surface area (Å²) in [5.74, 6) is 0.527. The number of carbonyl (C=O) groups is 1. The largest absolute Gasteiger partial charge is 0.487 e. The molecule has 2 rings (SSSR count). The van der Waals surface area contributed by atoms with E-state index in [0.29, 0.717) is 12.8 Å². The first kappa shape index (κ1) is 15.6. The fourth-order valence-electron chi connectivity index (χ4n) is 2.02. The fourth-order valence-corrected chi connectivity index (χ4v) is 3.05. The van der Waals surface area contributed by atoms with Gasteiger partial charge in [-0.15, -0.1) is 0 Å². The van der Waals surface area contributed by atoms with Crippen molar-refractivity contribution < 1.29 is 23.7 Å². The number of hydrogen-bond donors (Lipinski definition) is 0. The standard InChI is InChI=1S/C15H18O5S/c1-17-9-20-12-6-4-10(5-7-13(16)18-2)15-11(12)8-14(19-3)21-15/h4,6,8H,5,7,9H2,1-3H3. The molecule has 0 amide bonds. The second-order valence-corrected chi connectivity index (χ2v) is 5.38. The van der Waals surface area contributed by atoms with Gasteiger partial charge in [0.05, 0.1) is 14.2 Å². The predicted octanol–water partition coefficient (Wildman–Crippen LogP) is 3.00. The van der Waals surface area contributed by atoms with E-state index in [0.717, 1.165) is 26.5 Å². The molecule has 0 spiro atoms. The molecule has 0 saturated carbocycles. The second-order valence-electron chi connectivity index (χ2n) is 4.36. The van der Waals surface area contributed by atoms with Gasteiger partial charge >= 0.3 is 5.97 Å². The number of benzene rings is 1. The van der Waals surface area contributed by atoms with Crippen molar-refractivity contribution in [3.05, 3.63) is 23.8 Å². The molecule has 0 N–H and O–H groups in total. The zero-order valence-electron chi connectivity index (χ0n) is 12.3. The van der Waals surface area contributed by atoms with Gasteiger partial charge < -0.3 is 18.9 Å². The Balaban J connectivity index is 2.33. The molecule has 0 fully saturated rings. The Kier molecular flexibility index (Phi) is 5.41. The highest BCUT2D eigenvalue weighted by Gasteiger charge is 2.13. The predicted molar refractivity (Wildman–Crippen MR) is 81.2 cm³/mol.